The van der Waals surface area contributed by atoms with Crippen LogP contribution in [0.3, 0.4) is 0 Å². The van der Waals surface area contributed by atoms with Gasteiger partial charge in [-0.3, -0.25) is 10.1 Å². The fraction of sp³-hybridized carbons (Fsp3) is 0.500. The number of carbonyl (C=O) groups is 2. The van der Waals surface area contributed by atoms with Crippen LogP contribution in [0.5, 0.6) is 5.75 Å². The third-order valence-electron chi connectivity index (χ3n) is 4.03. The van der Waals surface area contributed by atoms with Crippen LogP contribution in [0, 0.1) is 23.2 Å². The number of hydrogen-bond donors (Lipinski definition) is 2. The Morgan fingerprint density at radius 2 is 2.19 bits per heavy atom. The van der Waals surface area contributed by atoms with Crippen LogP contribution in [0.4, 0.5) is 23.8 Å². The molecule has 1 fully saturated rings. The first-order valence-corrected chi connectivity index (χ1v) is 8.04. The highest BCUT2D eigenvalue weighted by Gasteiger charge is 2.53. The summed E-state index contributed by atoms with van der Waals surface area (Å²) in [6.45, 7) is -1.11. The van der Waals surface area contributed by atoms with Crippen molar-refractivity contribution < 1.29 is 32.6 Å². The Hall–Kier alpha value is -3.03. The van der Waals surface area contributed by atoms with Gasteiger partial charge in [0.15, 0.2) is 11.6 Å². The number of carbonyl (C=O) groups excluding carboxylic acids is 1. The van der Waals surface area contributed by atoms with Gasteiger partial charge in [-0.2, -0.15) is 18.4 Å². The molecule has 0 bridgehead atoms. The SMILES string of the molecule is N#CCCCOc1cccnc1NC(=O)N1C[C@@H](C(F)(F)F)[C@H](C(=O)O)C1. The van der Waals surface area contributed by atoms with E-state index in [0.29, 0.717) is 6.42 Å². The molecule has 1 aliphatic heterocycles. The van der Waals surface area contributed by atoms with E-state index in [1.165, 1.54) is 12.3 Å². The maximum atomic E-state index is 13.0. The van der Waals surface area contributed by atoms with Gasteiger partial charge in [0.05, 0.1) is 24.5 Å². The number of halogens is 3. The van der Waals surface area contributed by atoms with E-state index >= 15 is 0 Å². The van der Waals surface area contributed by atoms with Crippen molar-refractivity contribution in [3.63, 3.8) is 0 Å². The van der Waals surface area contributed by atoms with Crippen molar-refractivity contribution in [1.82, 2.24) is 9.88 Å². The quantitative estimate of drug-likeness (QED) is 0.726. The molecule has 146 valence electrons. The van der Waals surface area contributed by atoms with Crippen molar-refractivity contribution in [1.29, 1.82) is 5.26 Å². The minimum Gasteiger partial charge on any atom is -0.490 e. The van der Waals surface area contributed by atoms with Gasteiger partial charge in [-0.1, -0.05) is 0 Å². The van der Waals surface area contributed by atoms with E-state index in [1.54, 1.807) is 6.07 Å². The van der Waals surface area contributed by atoms with E-state index in [-0.39, 0.29) is 24.6 Å². The van der Waals surface area contributed by atoms with Gasteiger partial charge in [0.2, 0.25) is 0 Å². The van der Waals surface area contributed by atoms with Crippen molar-refractivity contribution >= 4 is 17.8 Å². The molecule has 27 heavy (non-hydrogen) atoms. The number of amides is 2. The van der Waals surface area contributed by atoms with Gasteiger partial charge < -0.3 is 14.7 Å². The molecule has 0 radical (unpaired) electrons. The Morgan fingerprint density at radius 1 is 1.44 bits per heavy atom. The molecule has 1 aromatic rings. The van der Waals surface area contributed by atoms with Crippen molar-refractivity contribution in [3.05, 3.63) is 18.3 Å². The molecular weight excluding hydrogens is 369 g/mol. The van der Waals surface area contributed by atoms with Gasteiger partial charge in [-0.15, -0.1) is 0 Å². The van der Waals surface area contributed by atoms with E-state index in [2.05, 4.69) is 10.3 Å². The van der Waals surface area contributed by atoms with Crippen LogP contribution in [0.1, 0.15) is 12.8 Å². The lowest BCUT2D eigenvalue weighted by Gasteiger charge is -2.19. The number of carboxylic acids is 1. The number of nitrogens with one attached hydrogen (secondary N) is 1. The Morgan fingerprint density at radius 3 is 2.78 bits per heavy atom. The summed E-state index contributed by atoms with van der Waals surface area (Å²) in [6, 6.07) is 4.12. The van der Waals surface area contributed by atoms with Crippen LogP contribution in [-0.4, -0.2) is 52.9 Å². The van der Waals surface area contributed by atoms with Crippen LogP contribution in [0.2, 0.25) is 0 Å². The predicted octanol–water partition coefficient (Wildman–Crippen LogP) is 2.49. The number of urea groups is 1. The monoisotopic (exact) mass is 386 g/mol. The maximum absolute atomic E-state index is 13.0. The Balaban J connectivity index is 2.05. The Bertz CT molecular complexity index is 735. The Kier molecular flexibility index (Phi) is 6.44. The molecule has 0 unspecified atom stereocenters. The molecule has 0 aromatic carbocycles. The van der Waals surface area contributed by atoms with Crippen molar-refractivity contribution in [2.45, 2.75) is 19.0 Å². The maximum Gasteiger partial charge on any atom is 0.394 e. The normalized spacial score (nSPS) is 19.4. The van der Waals surface area contributed by atoms with Crippen molar-refractivity contribution in [2.24, 2.45) is 11.8 Å². The molecule has 11 heteroatoms. The third-order valence-corrected chi connectivity index (χ3v) is 4.03. The zero-order valence-corrected chi connectivity index (χ0v) is 14.1. The standard InChI is InChI=1S/C16H17F3N4O4/c17-16(18,19)11-9-23(8-10(11)14(24)25)15(26)22-13-12(4-3-6-21-13)27-7-2-1-5-20/h3-4,6,10-11H,1-2,7-9H2,(H,24,25)(H,21,22,26)/t10-,11-/m1/s1. The fourth-order valence-corrected chi connectivity index (χ4v) is 2.67. The van der Waals surface area contributed by atoms with Gasteiger partial charge in [0.1, 0.15) is 0 Å². The summed E-state index contributed by atoms with van der Waals surface area (Å²) >= 11 is 0. The summed E-state index contributed by atoms with van der Waals surface area (Å²) in [4.78, 5) is 28.1. The van der Waals surface area contributed by atoms with E-state index in [0.717, 1.165) is 4.90 Å². The van der Waals surface area contributed by atoms with E-state index in [1.807, 2.05) is 6.07 Å². The highest BCUT2D eigenvalue weighted by Crippen LogP contribution is 2.38. The van der Waals surface area contributed by atoms with E-state index in [4.69, 9.17) is 15.1 Å². The average Bonchev–Trinajstić information content (AvgIpc) is 3.06. The van der Waals surface area contributed by atoms with Crippen LogP contribution in [0.25, 0.3) is 0 Å². The number of aromatic nitrogens is 1. The zero-order valence-electron chi connectivity index (χ0n) is 14.1. The molecule has 2 atom stereocenters. The molecule has 0 spiro atoms. The molecule has 2 N–H and O–H groups in total. The first-order chi connectivity index (χ1) is 12.7. The molecule has 0 aliphatic carbocycles. The minimum atomic E-state index is -4.72. The number of pyridine rings is 1. The molecule has 8 nitrogen and oxygen atoms in total. The van der Waals surface area contributed by atoms with Crippen LogP contribution in [0.15, 0.2) is 18.3 Å². The van der Waals surface area contributed by atoms with Gasteiger partial charge >= 0.3 is 18.2 Å². The van der Waals surface area contributed by atoms with Gasteiger partial charge in [-0.05, 0) is 18.6 Å². The number of aliphatic carboxylic acids is 1. The van der Waals surface area contributed by atoms with E-state index < -0.39 is 43.1 Å². The number of likely N-dealkylation sites (tertiary alicyclic amines) is 1. The van der Waals surface area contributed by atoms with E-state index in [9.17, 15) is 22.8 Å². The first-order valence-electron chi connectivity index (χ1n) is 8.04. The minimum absolute atomic E-state index is 0.00166. The molecule has 0 saturated carbocycles. The summed E-state index contributed by atoms with van der Waals surface area (Å²) in [7, 11) is 0. The number of hydrogen-bond acceptors (Lipinski definition) is 5. The van der Waals surface area contributed by atoms with Crippen molar-refractivity contribution in [2.75, 3.05) is 25.0 Å². The van der Waals surface area contributed by atoms with Gasteiger partial charge in [-0.25, -0.2) is 9.78 Å². The molecule has 2 amide bonds. The molecule has 2 rings (SSSR count). The predicted molar refractivity (Wildman–Crippen MR) is 85.8 cm³/mol. The van der Waals surface area contributed by atoms with Gasteiger partial charge in [0, 0.05) is 25.7 Å². The molecule has 1 saturated heterocycles. The lowest BCUT2D eigenvalue weighted by Crippen LogP contribution is -2.35. The third kappa shape index (κ3) is 5.22. The average molecular weight is 386 g/mol. The summed E-state index contributed by atoms with van der Waals surface area (Å²) < 4.78 is 44.5. The lowest BCUT2D eigenvalue weighted by molar-refractivity contribution is -0.187. The van der Waals surface area contributed by atoms with Crippen LogP contribution < -0.4 is 10.1 Å². The number of nitrogens with zero attached hydrogens (tertiary/aromatic N) is 3. The topological polar surface area (TPSA) is 116 Å². The number of ether oxygens (including phenoxy) is 1. The number of rotatable bonds is 6. The number of alkyl halides is 3. The van der Waals surface area contributed by atoms with Crippen LogP contribution >= 0.6 is 0 Å². The molecular formula is C16H17F3N4O4. The Labute approximate surface area is 152 Å². The fourth-order valence-electron chi connectivity index (χ4n) is 2.67. The number of carboxylic acid groups (broad SMARTS) is 1. The zero-order chi connectivity index (χ0) is 20.0. The first kappa shape index (κ1) is 20.3. The molecule has 1 aromatic heterocycles. The second kappa shape index (κ2) is 8.57. The van der Waals surface area contributed by atoms with Crippen molar-refractivity contribution in [3.8, 4) is 11.8 Å². The lowest BCUT2D eigenvalue weighted by atomic mass is 9.96. The largest absolute Gasteiger partial charge is 0.490 e. The second-order valence-corrected chi connectivity index (χ2v) is 5.89. The number of anilines is 1. The highest BCUT2D eigenvalue weighted by atomic mass is 19.4. The number of nitriles is 1. The van der Waals surface area contributed by atoms with Crippen LogP contribution in [-0.2, 0) is 4.79 Å². The summed E-state index contributed by atoms with van der Waals surface area (Å²) in [5.74, 6) is -5.26. The highest BCUT2D eigenvalue weighted by molar-refractivity contribution is 5.90. The van der Waals surface area contributed by atoms with Gasteiger partial charge in [0.25, 0.3) is 0 Å². The second-order valence-electron chi connectivity index (χ2n) is 5.89. The summed E-state index contributed by atoms with van der Waals surface area (Å²) in [6.07, 6.45) is -2.62. The molecule has 2 heterocycles. The number of unbranched alkanes of at least 4 members (excludes halogenated alkanes) is 1. The summed E-state index contributed by atoms with van der Waals surface area (Å²) in [5, 5.41) is 19.9. The smallest absolute Gasteiger partial charge is 0.394 e. The molecule has 1 aliphatic rings. The summed E-state index contributed by atoms with van der Waals surface area (Å²) in [5.41, 5.74) is 0.